The quantitative estimate of drug-likeness (QED) is 0.695. The van der Waals surface area contributed by atoms with Crippen LogP contribution in [0.25, 0.3) is 0 Å². The number of nitrogens with one attached hydrogen (secondary N) is 1. The number of carbonyl (C=O) groups excluding carboxylic acids is 2. The Labute approximate surface area is 111 Å². The average molecular weight is 270 g/mol. The number of ether oxygens (including phenoxy) is 1. The molecule has 0 aliphatic rings. The first-order valence-corrected chi connectivity index (χ1v) is 5.77. The van der Waals surface area contributed by atoms with Crippen LogP contribution in [0.1, 0.15) is 10.6 Å². The van der Waals surface area contributed by atoms with Gasteiger partial charge in [0, 0.05) is 20.7 Å². The Morgan fingerprint density at radius 2 is 2.32 bits per heavy atom. The van der Waals surface area contributed by atoms with Crippen molar-refractivity contribution in [1.82, 2.24) is 10.2 Å². The molecule has 106 valence electrons. The lowest BCUT2D eigenvalue weighted by atomic mass is 10.3. The van der Waals surface area contributed by atoms with Crippen LogP contribution in [0.2, 0.25) is 0 Å². The normalized spacial score (nSPS) is 11.9. The van der Waals surface area contributed by atoms with Gasteiger partial charge in [-0.15, -0.1) is 0 Å². The van der Waals surface area contributed by atoms with Gasteiger partial charge in [-0.3, -0.25) is 9.59 Å². The molecule has 0 aliphatic carbocycles. The first-order chi connectivity index (χ1) is 9.04. The van der Waals surface area contributed by atoms with Crippen molar-refractivity contribution in [3.63, 3.8) is 0 Å². The molecule has 0 fully saturated rings. The molecule has 1 aromatic heterocycles. The molecule has 1 aromatic rings. The van der Waals surface area contributed by atoms with E-state index in [1.807, 2.05) is 0 Å². The second-order valence-corrected chi connectivity index (χ2v) is 4.04. The summed E-state index contributed by atoms with van der Waals surface area (Å²) in [6, 6.07) is 3.09. The van der Waals surface area contributed by atoms with E-state index in [2.05, 4.69) is 5.32 Å². The second-order valence-electron chi connectivity index (χ2n) is 4.04. The molecule has 0 aliphatic heterocycles. The number of aliphatic hydroxyl groups excluding tert-OH is 1. The Morgan fingerprint density at radius 1 is 1.58 bits per heavy atom. The van der Waals surface area contributed by atoms with E-state index < -0.39 is 12.0 Å². The van der Waals surface area contributed by atoms with Crippen LogP contribution in [0.4, 0.5) is 0 Å². The monoisotopic (exact) mass is 270 g/mol. The lowest BCUT2D eigenvalue weighted by molar-refractivity contribution is -0.130. The van der Waals surface area contributed by atoms with E-state index in [0.717, 1.165) is 0 Å². The van der Waals surface area contributed by atoms with Crippen LogP contribution in [0.3, 0.4) is 0 Å². The minimum absolute atomic E-state index is 0.142. The van der Waals surface area contributed by atoms with Crippen LogP contribution in [-0.4, -0.2) is 61.8 Å². The largest absolute Gasteiger partial charge is 0.459 e. The maximum atomic E-state index is 11.7. The van der Waals surface area contributed by atoms with Crippen molar-refractivity contribution in [1.29, 1.82) is 0 Å². The zero-order valence-corrected chi connectivity index (χ0v) is 11.0. The summed E-state index contributed by atoms with van der Waals surface area (Å²) in [6.45, 7) is 0.134. The molecule has 0 spiro atoms. The lowest BCUT2D eigenvalue weighted by Gasteiger charge is -2.20. The molecule has 7 nitrogen and oxygen atoms in total. The van der Waals surface area contributed by atoms with Crippen LogP contribution in [-0.2, 0) is 9.53 Å². The van der Waals surface area contributed by atoms with Crippen molar-refractivity contribution in [2.24, 2.45) is 0 Å². The summed E-state index contributed by atoms with van der Waals surface area (Å²) in [6.07, 6.45) is 0.629. The molecule has 0 radical (unpaired) electrons. The molecule has 0 saturated heterocycles. The highest BCUT2D eigenvalue weighted by Crippen LogP contribution is 1.99. The van der Waals surface area contributed by atoms with Gasteiger partial charge in [0.1, 0.15) is 0 Å². The van der Waals surface area contributed by atoms with E-state index >= 15 is 0 Å². The van der Waals surface area contributed by atoms with Crippen LogP contribution >= 0.6 is 0 Å². The molecule has 19 heavy (non-hydrogen) atoms. The summed E-state index contributed by atoms with van der Waals surface area (Å²) in [4.78, 5) is 24.5. The van der Waals surface area contributed by atoms with E-state index in [1.165, 1.54) is 24.3 Å². The predicted molar refractivity (Wildman–Crippen MR) is 66.6 cm³/mol. The molecular formula is C12H18N2O5. The van der Waals surface area contributed by atoms with E-state index in [1.54, 1.807) is 13.1 Å². The Morgan fingerprint density at radius 3 is 2.89 bits per heavy atom. The van der Waals surface area contributed by atoms with E-state index in [4.69, 9.17) is 9.15 Å². The summed E-state index contributed by atoms with van der Waals surface area (Å²) >= 11 is 0. The third-order valence-electron chi connectivity index (χ3n) is 2.41. The third kappa shape index (κ3) is 5.11. The van der Waals surface area contributed by atoms with Crippen molar-refractivity contribution in [2.45, 2.75) is 6.10 Å². The maximum Gasteiger partial charge on any atom is 0.287 e. The van der Waals surface area contributed by atoms with Gasteiger partial charge in [-0.25, -0.2) is 0 Å². The number of hydrogen-bond donors (Lipinski definition) is 2. The van der Waals surface area contributed by atoms with E-state index in [-0.39, 0.29) is 31.4 Å². The highest BCUT2D eigenvalue weighted by Gasteiger charge is 2.15. The molecule has 1 rings (SSSR count). The van der Waals surface area contributed by atoms with Gasteiger partial charge in [0.2, 0.25) is 5.91 Å². The number of furan rings is 1. The molecule has 2 N–H and O–H groups in total. The summed E-state index contributed by atoms with van der Waals surface area (Å²) < 4.78 is 9.65. The Hall–Kier alpha value is -1.86. The summed E-state index contributed by atoms with van der Waals surface area (Å²) in [5.41, 5.74) is 0. The number of nitrogens with zero attached hydrogens (tertiary/aromatic N) is 1. The Kier molecular flexibility index (Phi) is 6.04. The summed E-state index contributed by atoms with van der Waals surface area (Å²) in [7, 11) is 3.01. The zero-order chi connectivity index (χ0) is 14.3. The highest BCUT2D eigenvalue weighted by molar-refractivity contribution is 5.94. The number of likely N-dealkylation sites (N-methyl/N-ethyl adjacent to an activating group) is 1. The smallest absolute Gasteiger partial charge is 0.287 e. The third-order valence-corrected chi connectivity index (χ3v) is 2.41. The average Bonchev–Trinajstić information content (AvgIpc) is 2.89. The molecule has 1 atom stereocenters. The summed E-state index contributed by atoms with van der Waals surface area (Å²) in [5, 5.41) is 11.9. The van der Waals surface area contributed by atoms with Gasteiger partial charge in [0.05, 0.1) is 25.5 Å². The number of rotatable bonds is 7. The number of methoxy groups -OCH3 is 1. The topological polar surface area (TPSA) is 92.0 Å². The Balaban J connectivity index is 2.32. The number of amides is 2. The van der Waals surface area contributed by atoms with E-state index in [0.29, 0.717) is 0 Å². The first kappa shape index (κ1) is 15.2. The Bertz CT molecular complexity index is 404. The van der Waals surface area contributed by atoms with E-state index in [9.17, 15) is 14.7 Å². The fraction of sp³-hybridized carbons (Fsp3) is 0.500. The van der Waals surface area contributed by atoms with Crippen molar-refractivity contribution >= 4 is 11.8 Å². The number of carbonyl (C=O) groups is 2. The number of hydrogen-bond acceptors (Lipinski definition) is 5. The van der Waals surface area contributed by atoms with Gasteiger partial charge < -0.3 is 24.5 Å². The summed E-state index contributed by atoms with van der Waals surface area (Å²) in [5.74, 6) is -0.617. The van der Waals surface area contributed by atoms with Crippen molar-refractivity contribution < 1.29 is 23.8 Å². The molecule has 1 heterocycles. The standard InChI is InChI=1S/C12H18N2O5/c1-14(7-9(15)8-18-2)11(16)6-13-12(17)10-4-3-5-19-10/h3-5,9,15H,6-8H2,1-2H3,(H,13,17). The van der Waals surface area contributed by atoms with Crippen LogP contribution in [0.5, 0.6) is 0 Å². The lowest BCUT2D eigenvalue weighted by Crippen LogP contribution is -2.42. The van der Waals surface area contributed by atoms with Crippen LogP contribution in [0, 0.1) is 0 Å². The van der Waals surface area contributed by atoms with Gasteiger partial charge in [-0.05, 0) is 12.1 Å². The molecule has 7 heteroatoms. The molecular weight excluding hydrogens is 252 g/mol. The van der Waals surface area contributed by atoms with Crippen LogP contribution in [0.15, 0.2) is 22.8 Å². The fourth-order valence-corrected chi connectivity index (χ4v) is 1.45. The molecule has 0 saturated carbocycles. The van der Waals surface area contributed by atoms with Crippen LogP contribution < -0.4 is 5.32 Å². The van der Waals surface area contributed by atoms with Gasteiger partial charge in [0.25, 0.3) is 5.91 Å². The fourth-order valence-electron chi connectivity index (χ4n) is 1.45. The highest BCUT2D eigenvalue weighted by atomic mass is 16.5. The van der Waals surface area contributed by atoms with Gasteiger partial charge in [-0.2, -0.15) is 0 Å². The first-order valence-electron chi connectivity index (χ1n) is 5.77. The second kappa shape index (κ2) is 7.55. The molecule has 0 aromatic carbocycles. The van der Waals surface area contributed by atoms with Gasteiger partial charge in [-0.1, -0.05) is 0 Å². The molecule has 1 unspecified atom stereocenters. The molecule has 2 amide bonds. The minimum atomic E-state index is -0.750. The van der Waals surface area contributed by atoms with Gasteiger partial charge in [0.15, 0.2) is 5.76 Å². The van der Waals surface area contributed by atoms with Crippen molar-refractivity contribution in [2.75, 3.05) is 33.9 Å². The number of aliphatic hydroxyl groups is 1. The molecule has 0 bridgehead atoms. The minimum Gasteiger partial charge on any atom is -0.459 e. The zero-order valence-electron chi connectivity index (χ0n) is 11.0. The van der Waals surface area contributed by atoms with Crippen molar-refractivity contribution in [3.05, 3.63) is 24.2 Å². The predicted octanol–water partition coefficient (Wildman–Crippen LogP) is -0.525. The maximum absolute atomic E-state index is 11.7. The van der Waals surface area contributed by atoms with Crippen molar-refractivity contribution in [3.8, 4) is 0 Å². The van der Waals surface area contributed by atoms with Gasteiger partial charge >= 0.3 is 0 Å². The SMILES string of the molecule is COCC(O)CN(C)C(=O)CNC(=O)c1ccco1.